The number of aryl methyl sites for hydroxylation is 1. The Hall–Kier alpha value is -4.42. The van der Waals surface area contributed by atoms with Crippen LogP contribution in [0.15, 0.2) is 91.3 Å². The first-order valence-electron chi connectivity index (χ1n) is 14.7. The van der Waals surface area contributed by atoms with Crippen molar-refractivity contribution in [3.05, 3.63) is 103 Å². The summed E-state index contributed by atoms with van der Waals surface area (Å²) in [5.74, 6) is 0.796. The third kappa shape index (κ3) is 5.23. The molecule has 0 amide bonds. The quantitative estimate of drug-likeness (QED) is 0.209. The zero-order valence-electron chi connectivity index (χ0n) is 23.4. The molecule has 206 valence electrons. The lowest BCUT2D eigenvalue weighted by Gasteiger charge is -2.34. The maximum atomic E-state index is 6.60. The van der Waals surface area contributed by atoms with Crippen molar-refractivity contribution in [2.75, 3.05) is 19.7 Å². The highest BCUT2D eigenvalue weighted by Gasteiger charge is 2.23. The van der Waals surface area contributed by atoms with Gasteiger partial charge in [0.25, 0.3) is 0 Å². The second kappa shape index (κ2) is 11.2. The van der Waals surface area contributed by atoms with Crippen molar-refractivity contribution in [2.24, 2.45) is 0 Å². The number of nitrogens with one attached hydrogen (secondary N) is 2. The van der Waals surface area contributed by atoms with Crippen molar-refractivity contribution in [1.82, 2.24) is 25.1 Å². The van der Waals surface area contributed by atoms with Crippen molar-refractivity contribution in [2.45, 2.75) is 38.6 Å². The maximum absolute atomic E-state index is 6.60. The van der Waals surface area contributed by atoms with E-state index < -0.39 is 0 Å². The molecular formula is C35H35N5O. The molecular weight excluding hydrogens is 506 g/mol. The van der Waals surface area contributed by atoms with Crippen molar-refractivity contribution in [3.8, 4) is 28.1 Å². The molecule has 3 aromatic heterocycles. The number of ether oxygens (including phenoxy) is 1. The van der Waals surface area contributed by atoms with Gasteiger partial charge in [0, 0.05) is 39.7 Å². The first kappa shape index (κ1) is 25.5. The van der Waals surface area contributed by atoms with E-state index in [0.717, 1.165) is 64.2 Å². The number of aromatic amines is 2. The SMILES string of the molecule is Cc1n[nH]c2ccc(-c3cc(OC[C@@H](Cc4c[nH]c5ccccc45)N4CCCCC4)cnc3-c3ccccc3)cc12. The number of H-pyrrole nitrogens is 2. The minimum Gasteiger partial charge on any atom is -0.490 e. The van der Waals surface area contributed by atoms with E-state index >= 15 is 0 Å². The summed E-state index contributed by atoms with van der Waals surface area (Å²) in [6, 6.07) is 27.8. The molecule has 0 unspecified atom stereocenters. The second-order valence-electron chi connectivity index (χ2n) is 11.1. The van der Waals surface area contributed by atoms with Crippen LogP contribution >= 0.6 is 0 Å². The first-order valence-corrected chi connectivity index (χ1v) is 14.7. The number of benzene rings is 3. The van der Waals surface area contributed by atoms with E-state index in [9.17, 15) is 0 Å². The largest absolute Gasteiger partial charge is 0.490 e. The van der Waals surface area contributed by atoms with Crippen LogP contribution < -0.4 is 4.74 Å². The van der Waals surface area contributed by atoms with Gasteiger partial charge < -0.3 is 9.72 Å². The Morgan fingerprint density at radius 3 is 2.56 bits per heavy atom. The number of hydrogen-bond donors (Lipinski definition) is 2. The third-order valence-electron chi connectivity index (χ3n) is 8.45. The van der Waals surface area contributed by atoms with Gasteiger partial charge in [-0.25, -0.2) is 0 Å². The number of aromatic nitrogens is 4. The van der Waals surface area contributed by atoms with Gasteiger partial charge in [-0.15, -0.1) is 0 Å². The van der Waals surface area contributed by atoms with Crippen LogP contribution in [0.1, 0.15) is 30.5 Å². The van der Waals surface area contributed by atoms with E-state index in [0.29, 0.717) is 6.61 Å². The van der Waals surface area contributed by atoms with Crippen LogP contribution in [0.25, 0.3) is 44.2 Å². The number of para-hydroxylation sites is 1. The van der Waals surface area contributed by atoms with Gasteiger partial charge in [0.2, 0.25) is 0 Å². The molecule has 0 aliphatic carbocycles. The molecule has 0 bridgehead atoms. The predicted molar refractivity (Wildman–Crippen MR) is 166 cm³/mol. The van der Waals surface area contributed by atoms with E-state index in [1.807, 2.05) is 19.2 Å². The topological polar surface area (TPSA) is 69.8 Å². The molecule has 1 atom stereocenters. The fraction of sp³-hybridized carbons (Fsp3) is 0.257. The van der Waals surface area contributed by atoms with Crippen LogP contribution in [0.3, 0.4) is 0 Å². The molecule has 3 aromatic carbocycles. The average molecular weight is 542 g/mol. The van der Waals surface area contributed by atoms with Gasteiger partial charge in [0.05, 0.1) is 23.1 Å². The van der Waals surface area contributed by atoms with E-state index in [-0.39, 0.29) is 6.04 Å². The monoisotopic (exact) mass is 541 g/mol. The van der Waals surface area contributed by atoms with Gasteiger partial charge >= 0.3 is 0 Å². The summed E-state index contributed by atoms with van der Waals surface area (Å²) in [4.78, 5) is 11.0. The van der Waals surface area contributed by atoms with Crippen LogP contribution in [0.4, 0.5) is 0 Å². The number of rotatable bonds is 8. The minimum atomic E-state index is 0.289. The highest BCUT2D eigenvalue weighted by atomic mass is 16.5. The Labute approximate surface area is 240 Å². The normalized spacial score (nSPS) is 15.0. The number of hydrogen-bond acceptors (Lipinski definition) is 4. The summed E-state index contributed by atoms with van der Waals surface area (Å²) < 4.78 is 6.60. The van der Waals surface area contributed by atoms with Gasteiger partial charge in [0.15, 0.2) is 0 Å². The number of pyridine rings is 1. The van der Waals surface area contributed by atoms with Gasteiger partial charge in [-0.3, -0.25) is 15.0 Å². The summed E-state index contributed by atoms with van der Waals surface area (Å²) in [5.41, 5.74) is 8.76. The van der Waals surface area contributed by atoms with Crippen LogP contribution in [0, 0.1) is 6.92 Å². The van der Waals surface area contributed by atoms with Crippen LogP contribution in [-0.2, 0) is 6.42 Å². The smallest absolute Gasteiger partial charge is 0.138 e. The molecule has 4 heterocycles. The third-order valence-corrected chi connectivity index (χ3v) is 8.45. The summed E-state index contributed by atoms with van der Waals surface area (Å²) in [7, 11) is 0. The van der Waals surface area contributed by atoms with Crippen molar-refractivity contribution >= 4 is 21.8 Å². The number of fused-ring (bicyclic) bond motifs is 2. The lowest BCUT2D eigenvalue weighted by atomic mass is 9.98. The zero-order valence-corrected chi connectivity index (χ0v) is 23.4. The Bertz CT molecular complexity index is 1780. The summed E-state index contributed by atoms with van der Waals surface area (Å²) in [6.07, 6.45) is 8.81. The maximum Gasteiger partial charge on any atom is 0.138 e. The first-order chi connectivity index (χ1) is 20.2. The Balaban J connectivity index is 1.21. The fourth-order valence-corrected chi connectivity index (χ4v) is 6.21. The van der Waals surface area contributed by atoms with Crippen molar-refractivity contribution in [3.63, 3.8) is 0 Å². The Morgan fingerprint density at radius 1 is 0.854 bits per heavy atom. The molecule has 1 saturated heterocycles. The van der Waals surface area contributed by atoms with E-state index in [1.54, 1.807) is 0 Å². The van der Waals surface area contributed by atoms with Gasteiger partial charge in [-0.05, 0) is 74.7 Å². The standard InChI is InChI=1S/C35H35N5O/c1-24-31-19-26(14-15-34(31)39-38-24)32-20-29(22-37-35(32)25-10-4-2-5-11-25)41-23-28(40-16-8-3-9-17-40)18-27-21-36-33-13-7-6-12-30(27)33/h2,4-7,10-15,19-22,28,36H,3,8-9,16-18,23H2,1H3,(H,38,39)/t28-/m1/s1. The lowest BCUT2D eigenvalue weighted by Crippen LogP contribution is -2.44. The van der Waals surface area contributed by atoms with E-state index in [1.165, 1.54) is 35.7 Å². The predicted octanol–water partition coefficient (Wildman–Crippen LogP) is 7.56. The highest BCUT2D eigenvalue weighted by molar-refractivity contribution is 5.90. The molecule has 6 aromatic rings. The van der Waals surface area contributed by atoms with Crippen LogP contribution in [-0.4, -0.2) is 50.8 Å². The molecule has 6 heteroatoms. The molecule has 0 radical (unpaired) electrons. The molecule has 41 heavy (non-hydrogen) atoms. The molecule has 2 N–H and O–H groups in total. The number of nitrogens with zero attached hydrogens (tertiary/aromatic N) is 3. The van der Waals surface area contributed by atoms with Crippen molar-refractivity contribution < 1.29 is 4.74 Å². The van der Waals surface area contributed by atoms with Gasteiger partial charge in [0.1, 0.15) is 12.4 Å². The molecule has 0 spiro atoms. The van der Waals surface area contributed by atoms with Crippen LogP contribution in [0.5, 0.6) is 5.75 Å². The molecule has 6 nitrogen and oxygen atoms in total. The highest BCUT2D eigenvalue weighted by Crippen LogP contribution is 2.35. The summed E-state index contributed by atoms with van der Waals surface area (Å²) in [6.45, 7) is 4.89. The lowest BCUT2D eigenvalue weighted by molar-refractivity contribution is 0.114. The number of likely N-dealkylation sites (tertiary alicyclic amines) is 1. The molecule has 0 saturated carbocycles. The Kier molecular flexibility index (Phi) is 6.99. The van der Waals surface area contributed by atoms with Gasteiger partial charge in [-0.1, -0.05) is 61.0 Å². The van der Waals surface area contributed by atoms with Crippen LogP contribution in [0.2, 0.25) is 0 Å². The molecule has 1 aliphatic heterocycles. The summed E-state index contributed by atoms with van der Waals surface area (Å²) >= 11 is 0. The summed E-state index contributed by atoms with van der Waals surface area (Å²) in [5, 5.41) is 9.94. The fourth-order valence-electron chi connectivity index (χ4n) is 6.21. The van der Waals surface area contributed by atoms with Gasteiger partial charge in [-0.2, -0.15) is 5.10 Å². The molecule has 1 fully saturated rings. The van der Waals surface area contributed by atoms with E-state index in [4.69, 9.17) is 9.72 Å². The number of piperidine rings is 1. The van der Waals surface area contributed by atoms with E-state index in [2.05, 4.69) is 99.1 Å². The van der Waals surface area contributed by atoms with Crippen molar-refractivity contribution in [1.29, 1.82) is 0 Å². The molecule has 1 aliphatic rings. The second-order valence-corrected chi connectivity index (χ2v) is 11.1. The zero-order chi connectivity index (χ0) is 27.6. The average Bonchev–Trinajstić information content (AvgIpc) is 3.62. The Morgan fingerprint density at radius 2 is 1.68 bits per heavy atom. The molecule has 7 rings (SSSR count). The minimum absolute atomic E-state index is 0.289.